The average Bonchev–Trinajstić information content (AvgIpc) is 2.61. The van der Waals surface area contributed by atoms with Gasteiger partial charge in [0.1, 0.15) is 0 Å². The molecule has 0 saturated heterocycles. The molecule has 0 spiro atoms. The first kappa shape index (κ1) is 17.6. The number of carbonyl (C=O) groups is 2. The molecular weight excluding hydrogens is 304 g/mol. The van der Waals surface area contributed by atoms with Crippen molar-refractivity contribution in [1.29, 1.82) is 0 Å². The van der Waals surface area contributed by atoms with Crippen LogP contribution in [0.4, 0.5) is 5.69 Å². The van der Waals surface area contributed by atoms with Gasteiger partial charge < -0.3 is 16.4 Å². The summed E-state index contributed by atoms with van der Waals surface area (Å²) in [4.78, 5) is 27.9. The summed E-state index contributed by atoms with van der Waals surface area (Å²) >= 11 is 0. The van der Waals surface area contributed by atoms with E-state index in [-0.39, 0.29) is 11.8 Å². The molecular formula is C18H22N4O2. The maximum Gasteiger partial charge on any atom is 0.255 e. The second-order valence-electron chi connectivity index (χ2n) is 5.50. The number of rotatable bonds is 7. The molecule has 0 aliphatic carbocycles. The van der Waals surface area contributed by atoms with Crippen LogP contribution in [0.1, 0.15) is 35.7 Å². The number of nitrogens with one attached hydrogen (secondary N) is 2. The summed E-state index contributed by atoms with van der Waals surface area (Å²) in [6, 6.07) is 10.1. The largest absolute Gasteiger partial charge is 0.351 e. The molecule has 126 valence electrons. The van der Waals surface area contributed by atoms with E-state index in [4.69, 9.17) is 5.73 Å². The molecule has 1 atom stereocenters. The molecule has 1 aromatic heterocycles. The van der Waals surface area contributed by atoms with Crippen LogP contribution in [-0.2, 0) is 11.3 Å². The van der Waals surface area contributed by atoms with Crippen LogP contribution in [0.25, 0.3) is 0 Å². The van der Waals surface area contributed by atoms with E-state index in [1.165, 1.54) is 0 Å². The van der Waals surface area contributed by atoms with Crippen LogP contribution >= 0.6 is 0 Å². The minimum atomic E-state index is -0.482. The molecule has 24 heavy (non-hydrogen) atoms. The number of carbonyl (C=O) groups excluding carboxylic acids is 2. The van der Waals surface area contributed by atoms with Crippen LogP contribution in [0, 0.1) is 0 Å². The van der Waals surface area contributed by atoms with Crippen molar-refractivity contribution >= 4 is 17.5 Å². The fourth-order valence-electron chi connectivity index (χ4n) is 2.23. The van der Waals surface area contributed by atoms with Gasteiger partial charge in [0.25, 0.3) is 5.91 Å². The second kappa shape index (κ2) is 8.79. The molecule has 0 fully saturated rings. The third-order valence-corrected chi connectivity index (χ3v) is 3.53. The fourth-order valence-corrected chi connectivity index (χ4v) is 2.23. The highest BCUT2D eigenvalue weighted by molar-refractivity contribution is 6.04. The predicted octanol–water partition coefficient (Wildman–Crippen LogP) is 2.08. The number of hydrogen-bond donors (Lipinski definition) is 3. The molecule has 2 amide bonds. The van der Waals surface area contributed by atoms with Gasteiger partial charge in [-0.1, -0.05) is 25.5 Å². The smallest absolute Gasteiger partial charge is 0.255 e. The van der Waals surface area contributed by atoms with Crippen molar-refractivity contribution < 1.29 is 9.59 Å². The Hall–Kier alpha value is -2.73. The van der Waals surface area contributed by atoms with E-state index >= 15 is 0 Å². The number of nitrogens with zero attached hydrogens (tertiary/aromatic N) is 1. The van der Waals surface area contributed by atoms with Crippen molar-refractivity contribution in [2.45, 2.75) is 32.4 Å². The van der Waals surface area contributed by atoms with Crippen molar-refractivity contribution in [3.05, 3.63) is 59.9 Å². The zero-order chi connectivity index (χ0) is 17.4. The lowest BCUT2D eigenvalue weighted by molar-refractivity contribution is -0.122. The van der Waals surface area contributed by atoms with Crippen LogP contribution in [0.15, 0.2) is 48.8 Å². The number of benzene rings is 1. The summed E-state index contributed by atoms with van der Waals surface area (Å²) in [5.74, 6) is -0.369. The van der Waals surface area contributed by atoms with Crippen molar-refractivity contribution in [1.82, 2.24) is 10.3 Å². The molecule has 0 aliphatic heterocycles. The standard InChI is InChI=1S/C18H22N4O2/c1-2-4-16(19)18(24)21-12-13-5-3-6-15(11-13)22-17(23)14-7-9-20-10-8-14/h3,5-11,16H,2,4,12,19H2,1H3,(H,21,24)(H,22,23). The summed E-state index contributed by atoms with van der Waals surface area (Å²) in [6.45, 7) is 2.36. The van der Waals surface area contributed by atoms with E-state index in [2.05, 4.69) is 15.6 Å². The highest BCUT2D eigenvalue weighted by Crippen LogP contribution is 2.12. The van der Waals surface area contributed by atoms with Crippen LogP contribution in [0.3, 0.4) is 0 Å². The summed E-state index contributed by atoms with van der Waals surface area (Å²) in [5.41, 5.74) is 7.87. The molecule has 1 unspecified atom stereocenters. The Balaban J connectivity index is 1.94. The third kappa shape index (κ3) is 5.17. The first-order valence-corrected chi connectivity index (χ1v) is 7.93. The normalized spacial score (nSPS) is 11.6. The molecule has 6 heteroatoms. The third-order valence-electron chi connectivity index (χ3n) is 3.53. The lowest BCUT2D eigenvalue weighted by Crippen LogP contribution is -2.40. The quantitative estimate of drug-likeness (QED) is 0.725. The SMILES string of the molecule is CCCC(N)C(=O)NCc1cccc(NC(=O)c2ccncc2)c1. The highest BCUT2D eigenvalue weighted by atomic mass is 16.2. The number of amides is 2. The van der Waals surface area contributed by atoms with Crippen molar-refractivity contribution in [3.63, 3.8) is 0 Å². The van der Waals surface area contributed by atoms with Gasteiger partial charge in [0, 0.05) is 30.2 Å². The Labute approximate surface area is 141 Å². The summed E-state index contributed by atoms with van der Waals surface area (Å²) in [6.07, 6.45) is 4.67. The van der Waals surface area contributed by atoms with E-state index in [9.17, 15) is 9.59 Å². The predicted molar refractivity (Wildman–Crippen MR) is 93.4 cm³/mol. The molecule has 2 rings (SSSR count). The molecule has 0 aliphatic rings. The lowest BCUT2D eigenvalue weighted by atomic mass is 10.1. The van der Waals surface area contributed by atoms with Crippen molar-refractivity contribution in [2.24, 2.45) is 5.73 Å². The van der Waals surface area contributed by atoms with Gasteiger partial charge in [-0.3, -0.25) is 14.6 Å². The minimum Gasteiger partial charge on any atom is -0.351 e. The first-order chi connectivity index (χ1) is 11.6. The monoisotopic (exact) mass is 326 g/mol. The van der Waals surface area contributed by atoms with E-state index in [0.29, 0.717) is 24.2 Å². The number of nitrogens with two attached hydrogens (primary N) is 1. The Morgan fingerprint density at radius 2 is 1.96 bits per heavy atom. The number of hydrogen-bond acceptors (Lipinski definition) is 4. The number of aromatic nitrogens is 1. The summed E-state index contributed by atoms with van der Waals surface area (Å²) < 4.78 is 0. The van der Waals surface area contributed by atoms with Gasteiger partial charge in [-0.05, 0) is 36.2 Å². The Bertz CT molecular complexity index is 688. The molecule has 2 aromatic rings. The lowest BCUT2D eigenvalue weighted by Gasteiger charge is -2.12. The van der Waals surface area contributed by atoms with Crippen LogP contribution in [0.2, 0.25) is 0 Å². The van der Waals surface area contributed by atoms with Gasteiger partial charge in [-0.2, -0.15) is 0 Å². The van der Waals surface area contributed by atoms with Gasteiger partial charge in [-0.15, -0.1) is 0 Å². The van der Waals surface area contributed by atoms with E-state index in [1.807, 2.05) is 25.1 Å². The first-order valence-electron chi connectivity index (χ1n) is 7.93. The molecule has 6 nitrogen and oxygen atoms in total. The summed E-state index contributed by atoms with van der Waals surface area (Å²) in [7, 11) is 0. The van der Waals surface area contributed by atoms with Gasteiger partial charge >= 0.3 is 0 Å². The van der Waals surface area contributed by atoms with Gasteiger partial charge in [-0.25, -0.2) is 0 Å². The van der Waals surface area contributed by atoms with Crippen LogP contribution < -0.4 is 16.4 Å². The molecule has 1 aromatic carbocycles. The Morgan fingerprint density at radius 1 is 1.21 bits per heavy atom. The van der Waals surface area contributed by atoms with Gasteiger partial charge in [0.2, 0.25) is 5.91 Å². The highest BCUT2D eigenvalue weighted by Gasteiger charge is 2.11. The maximum atomic E-state index is 12.1. The Kier molecular flexibility index (Phi) is 6.45. The summed E-state index contributed by atoms with van der Waals surface area (Å²) in [5, 5.41) is 5.64. The minimum absolute atomic E-state index is 0.164. The number of anilines is 1. The zero-order valence-electron chi connectivity index (χ0n) is 13.7. The zero-order valence-corrected chi connectivity index (χ0v) is 13.7. The maximum absolute atomic E-state index is 12.1. The van der Waals surface area contributed by atoms with Crippen LogP contribution in [0.5, 0.6) is 0 Å². The van der Waals surface area contributed by atoms with Crippen molar-refractivity contribution in [3.8, 4) is 0 Å². The van der Waals surface area contributed by atoms with E-state index < -0.39 is 6.04 Å². The van der Waals surface area contributed by atoms with Gasteiger partial charge in [0.15, 0.2) is 0 Å². The topological polar surface area (TPSA) is 97.1 Å². The number of pyridine rings is 1. The Morgan fingerprint density at radius 3 is 2.67 bits per heavy atom. The van der Waals surface area contributed by atoms with E-state index in [1.54, 1.807) is 30.6 Å². The van der Waals surface area contributed by atoms with Crippen LogP contribution in [-0.4, -0.2) is 22.8 Å². The molecule has 0 saturated carbocycles. The molecule has 4 N–H and O–H groups in total. The average molecular weight is 326 g/mol. The van der Waals surface area contributed by atoms with Gasteiger partial charge in [0.05, 0.1) is 6.04 Å². The second-order valence-corrected chi connectivity index (χ2v) is 5.50. The molecule has 0 bridgehead atoms. The molecule has 1 heterocycles. The van der Waals surface area contributed by atoms with E-state index in [0.717, 1.165) is 12.0 Å². The van der Waals surface area contributed by atoms with Crippen molar-refractivity contribution in [2.75, 3.05) is 5.32 Å². The fraction of sp³-hybridized carbons (Fsp3) is 0.278. The molecule has 0 radical (unpaired) electrons.